The molecule has 0 aliphatic rings. The van der Waals surface area contributed by atoms with Crippen LogP contribution in [0.2, 0.25) is 0 Å². The van der Waals surface area contributed by atoms with Crippen LogP contribution in [0.4, 0.5) is 13.2 Å². The Morgan fingerprint density at radius 2 is 1.79 bits per heavy atom. The van der Waals surface area contributed by atoms with Crippen molar-refractivity contribution in [2.75, 3.05) is 0 Å². The molecule has 24 heavy (non-hydrogen) atoms. The van der Waals surface area contributed by atoms with E-state index >= 15 is 0 Å². The van der Waals surface area contributed by atoms with Crippen LogP contribution in [-0.4, -0.2) is 25.1 Å². The molecule has 2 aromatic heterocycles. The van der Waals surface area contributed by atoms with E-state index < -0.39 is 12.1 Å². The van der Waals surface area contributed by atoms with Crippen molar-refractivity contribution < 1.29 is 17.7 Å². The Kier molecular flexibility index (Phi) is 4.69. The molecule has 0 aliphatic heterocycles. The molecular formula is C14H15F3N6O. The molecule has 0 amide bonds. The highest BCUT2D eigenvalue weighted by molar-refractivity contribution is 5.54. The molecule has 128 valence electrons. The zero-order chi connectivity index (χ0) is 16.6. The SMILES string of the molecule is Cc1nnn(Cc2ccc(-c3noc(C(F)(F)F)n3)cc2)c1C.N. The van der Waals surface area contributed by atoms with Crippen LogP contribution in [0.1, 0.15) is 22.8 Å². The molecule has 3 N–H and O–H groups in total. The van der Waals surface area contributed by atoms with Gasteiger partial charge in [-0.1, -0.05) is 34.6 Å². The molecule has 10 heteroatoms. The molecule has 0 fully saturated rings. The maximum atomic E-state index is 12.5. The highest BCUT2D eigenvalue weighted by Gasteiger charge is 2.38. The average Bonchev–Trinajstić information content (AvgIpc) is 3.11. The van der Waals surface area contributed by atoms with Gasteiger partial charge in [0.2, 0.25) is 5.82 Å². The summed E-state index contributed by atoms with van der Waals surface area (Å²) in [6.07, 6.45) is -4.65. The van der Waals surface area contributed by atoms with Gasteiger partial charge < -0.3 is 10.7 Å². The van der Waals surface area contributed by atoms with Gasteiger partial charge in [-0.25, -0.2) is 4.68 Å². The van der Waals surface area contributed by atoms with Crippen molar-refractivity contribution in [3.05, 3.63) is 47.1 Å². The van der Waals surface area contributed by atoms with Crippen molar-refractivity contribution in [1.82, 2.24) is 31.3 Å². The second-order valence-corrected chi connectivity index (χ2v) is 5.04. The lowest BCUT2D eigenvalue weighted by Gasteiger charge is -2.04. The predicted molar refractivity (Wildman–Crippen MR) is 78.4 cm³/mol. The number of hydrogen-bond donors (Lipinski definition) is 1. The number of nitrogens with zero attached hydrogens (tertiary/aromatic N) is 5. The van der Waals surface area contributed by atoms with Crippen LogP contribution in [0.15, 0.2) is 28.8 Å². The fourth-order valence-corrected chi connectivity index (χ4v) is 1.99. The standard InChI is InChI=1S/C14H12F3N5O.H3N/c1-8-9(2)22(21-19-8)7-10-3-5-11(6-4-10)12-18-13(23-20-12)14(15,16)17;/h3-6H,7H2,1-2H3;1H3. The molecule has 3 aromatic rings. The molecule has 3 rings (SSSR count). The summed E-state index contributed by atoms with van der Waals surface area (Å²) in [6.45, 7) is 4.31. The molecule has 0 aliphatic carbocycles. The molecule has 0 unspecified atom stereocenters. The molecule has 7 nitrogen and oxygen atoms in total. The summed E-state index contributed by atoms with van der Waals surface area (Å²) in [5.74, 6) is -1.46. The lowest BCUT2D eigenvalue weighted by atomic mass is 10.1. The molecule has 0 saturated carbocycles. The van der Waals surface area contributed by atoms with E-state index in [1.807, 2.05) is 13.8 Å². The lowest BCUT2D eigenvalue weighted by molar-refractivity contribution is -0.159. The smallest absolute Gasteiger partial charge is 0.344 e. The first-order valence-corrected chi connectivity index (χ1v) is 6.71. The monoisotopic (exact) mass is 340 g/mol. The van der Waals surface area contributed by atoms with Crippen molar-refractivity contribution >= 4 is 0 Å². The summed E-state index contributed by atoms with van der Waals surface area (Å²) in [7, 11) is 0. The van der Waals surface area contributed by atoms with Gasteiger partial charge in [-0.2, -0.15) is 18.2 Å². The first-order valence-electron chi connectivity index (χ1n) is 6.71. The number of aromatic nitrogens is 5. The van der Waals surface area contributed by atoms with Gasteiger partial charge in [0.15, 0.2) is 0 Å². The molecule has 0 radical (unpaired) electrons. The summed E-state index contributed by atoms with van der Waals surface area (Å²) in [6, 6.07) is 6.82. The van der Waals surface area contributed by atoms with E-state index in [2.05, 4.69) is 25.0 Å². The van der Waals surface area contributed by atoms with Gasteiger partial charge in [-0.05, 0) is 19.4 Å². The number of benzene rings is 1. The fourth-order valence-electron chi connectivity index (χ4n) is 1.99. The summed E-state index contributed by atoms with van der Waals surface area (Å²) >= 11 is 0. The third-order valence-corrected chi connectivity index (χ3v) is 3.43. The minimum Gasteiger partial charge on any atom is -0.344 e. The van der Waals surface area contributed by atoms with E-state index in [0.717, 1.165) is 17.0 Å². The van der Waals surface area contributed by atoms with Gasteiger partial charge in [0.25, 0.3) is 0 Å². The fraction of sp³-hybridized carbons (Fsp3) is 0.286. The van der Waals surface area contributed by atoms with Crippen molar-refractivity contribution in [1.29, 1.82) is 0 Å². The molecule has 2 heterocycles. The zero-order valence-corrected chi connectivity index (χ0v) is 13.0. The van der Waals surface area contributed by atoms with Crippen LogP contribution in [0.3, 0.4) is 0 Å². The van der Waals surface area contributed by atoms with Crippen LogP contribution < -0.4 is 6.15 Å². The van der Waals surface area contributed by atoms with E-state index in [0.29, 0.717) is 12.1 Å². The molecule has 0 atom stereocenters. The van der Waals surface area contributed by atoms with Crippen LogP contribution in [0.25, 0.3) is 11.4 Å². The highest BCUT2D eigenvalue weighted by atomic mass is 19.4. The number of hydrogen-bond acceptors (Lipinski definition) is 6. The van der Waals surface area contributed by atoms with E-state index in [4.69, 9.17) is 0 Å². The Morgan fingerprint density at radius 1 is 1.12 bits per heavy atom. The third kappa shape index (κ3) is 3.43. The summed E-state index contributed by atoms with van der Waals surface area (Å²) in [5.41, 5.74) is 3.19. The number of aryl methyl sites for hydroxylation is 1. The minimum absolute atomic E-state index is 0. The Hall–Kier alpha value is -2.75. The number of halogens is 3. The normalized spacial score (nSPS) is 11.4. The number of rotatable bonds is 3. The molecule has 0 bridgehead atoms. The van der Waals surface area contributed by atoms with Gasteiger partial charge in [0.05, 0.1) is 17.9 Å². The van der Waals surface area contributed by atoms with Gasteiger partial charge in [0.1, 0.15) is 0 Å². The van der Waals surface area contributed by atoms with E-state index in [1.54, 1.807) is 28.9 Å². The van der Waals surface area contributed by atoms with Crippen molar-refractivity contribution in [2.24, 2.45) is 0 Å². The van der Waals surface area contributed by atoms with Crippen molar-refractivity contribution in [2.45, 2.75) is 26.6 Å². The van der Waals surface area contributed by atoms with Crippen LogP contribution in [0.5, 0.6) is 0 Å². The maximum Gasteiger partial charge on any atom is 0.471 e. The largest absolute Gasteiger partial charge is 0.471 e. The molecular weight excluding hydrogens is 325 g/mol. The van der Waals surface area contributed by atoms with E-state index in [9.17, 15) is 13.2 Å². The second kappa shape index (κ2) is 6.40. The summed E-state index contributed by atoms with van der Waals surface area (Å²) in [4.78, 5) is 3.35. The lowest BCUT2D eigenvalue weighted by Crippen LogP contribution is -2.05. The Labute approximate surface area is 135 Å². The van der Waals surface area contributed by atoms with Gasteiger partial charge in [0, 0.05) is 5.56 Å². The maximum absolute atomic E-state index is 12.5. The van der Waals surface area contributed by atoms with Crippen LogP contribution in [-0.2, 0) is 12.7 Å². The summed E-state index contributed by atoms with van der Waals surface area (Å²) < 4.78 is 43.3. The average molecular weight is 340 g/mol. The molecule has 0 spiro atoms. The van der Waals surface area contributed by atoms with Crippen molar-refractivity contribution in [3.63, 3.8) is 0 Å². The summed E-state index contributed by atoms with van der Waals surface area (Å²) in [5, 5.41) is 11.4. The first-order chi connectivity index (χ1) is 10.8. The van der Waals surface area contributed by atoms with E-state index in [1.165, 1.54) is 0 Å². The zero-order valence-electron chi connectivity index (χ0n) is 13.0. The number of alkyl halides is 3. The third-order valence-electron chi connectivity index (χ3n) is 3.43. The molecule has 0 saturated heterocycles. The Morgan fingerprint density at radius 3 is 2.29 bits per heavy atom. The topological polar surface area (TPSA) is 105 Å². The van der Waals surface area contributed by atoms with Crippen molar-refractivity contribution in [3.8, 4) is 11.4 Å². The highest BCUT2D eigenvalue weighted by Crippen LogP contribution is 2.29. The van der Waals surface area contributed by atoms with Gasteiger partial charge in [-0.15, -0.1) is 5.10 Å². The predicted octanol–water partition coefficient (Wildman–Crippen LogP) is 3.17. The van der Waals surface area contributed by atoms with Crippen LogP contribution in [0, 0.1) is 13.8 Å². The minimum atomic E-state index is -4.65. The quantitative estimate of drug-likeness (QED) is 0.785. The Bertz CT molecular complexity index is 822. The second-order valence-electron chi connectivity index (χ2n) is 5.04. The van der Waals surface area contributed by atoms with Crippen LogP contribution >= 0.6 is 0 Å². The van der Waals surface area contributed by atoms with Gasteiger partial charge in [-0.3, -0.25) is 0 Å². The molecule has 1 aromatic carbocycles. The van der Waals surface area contributed by atoms with E-state index in [-0.39, 0.29) is 12.0 Å². The van der Waals surface area contributed by atoms with Gasteiger partial charge >= 0.3 is 12.1 Å². The Balaban J connectivity index is 0.00000208. The first kappa shape index (κ1) is 17.6.